The molecule has 6 nitrogen and oxygen atoms in total. The van der Waals surface area contributed by atoms with Crippen LogP contribution >= 0.6 is 0 Å². The summed E-state index contributed by atoms with van der Waals surface area (Å²) in [5.41, 5.74) is 5.76. The number of aromatic nitrogens is 2. The highest BCUT2D eigenvalue weighted by Crippen LogP contribution is 2.12. The average molecular weight is 299 g/mol. The lowest BCUT2D eigenvalue weighted by Crippen LogP contribution is -2.18. The number of carbonyl (C=O) groups is 1. The van der Waals surface area contributed by atoms with Crippen LogP contribution in [0.1, 0.15) is 41.5 Å². The van der Waals surface area contributed by atoms with Crippen LogP contribution in [0.3, 0.4) is 0 Å². The fourth-order valence-corrected chi connectivity index (χ4v) is 1.83. The van der Waals surface area contributed by atoms with Crippen molar-refractivity contribution in [2.24, 2.45) is 5.10 Å². The predicted molar refractivity (Wildman–Crippen MR) is 88.5 cm³/mol. The number of nitrogens with one attached hydrogen (secondary N) is 2. The van der Waals surface area contributed by atoms with E-state index in [9.17, 15) is 4.79 Å². The first-order valence-corrected chi connectivity index (χ1v) is 7.13. The van der Waals surface area contributed by atoms with Gasteiger partial charge in [0.05, 0.1) is 6.21 Å². The normalized spacial score (nSPS) is 11.1. The number of amides is 1. The number of aromatic amines is 1. The van der Waals surface area contributed by atoms with Crippen molar-refractivity contribution < 1.29 is 4.79 Å². The van der Waals surface area contributed by atoms with E-state index in [1.54, 1.807) is 12.3 Å². The van der Waals surface area contributed by atoms with Gasteiger partial charge in [-0.2, -0.15) is 10.2 Å². The minimum Gasteiger partial charge on any atom is -0.378 e. The Labute approximate surface area is 130 Å². The van der Waals surface area contributed by atoms with Crippen LogP contribution in [0.15, 0.2) is 35.4 Å². The summed E-state index contributed by atoms with van der Waals surface area (Å²) in [4.78, 5) is 13.9. The van der Waals surface area contributed by atoms with Gasteiger partial charge in [0.2, 0.25) is 0 Å². The smallest absolute Gasteiger partial charge is 0.291 e. The predicted octanol–water partition coefficient (Wildman–Crippen LogP) is 2.36. The Morgan fingerprint density at radius 3 is 2.55 bits per heavy atom. The number of hydrogen-bond acceptors (Lipinski definition) is 4. The number of H-pyrrole nitrogens is 1. The van der Waals surface area contributed by atoms with Gasteiger partial charge >= 0.3 is 0 Å². The number of benzene rings is 1. The summed E-state index contributed by atoms with van der Waals surface area (Å²) in [6.45, 7) is 4.06. The van der Waals surface area contributed by atoms with Gasteiger partial charge in [0, 0.05) is 25.5 Å². The summed E-state index contributed by atoms with van der Waals surface area (Å²) in [6.07, 6.45) is 1.60. The van der Waals surface area contributed by atoms with Crippen LogP contribution in [0, 0.1) is 0 Å². The van der Waals surface area contributed by atoms with Crippen LogP contribution in [-0.2, 0) is 0 Å². The van der Waals surface area contributed by atoms with Crippen molar-refractivity contribution in [3.05, 3.63) is 47.3 Å². The monoisotopic (exact) mass is 299 g/mol. The maximum Gasteiger partial charge on any atom is 0.291 e. The standard InChI is InChI=1S/C16H21N5O/c1-11(2)14-9-15(19-18-14)16(22)20-17-10-12-5-7-13(8-6-12)21(3)4/h5-11H,1-4H3,(H,18,19)(H,20,22)/b17-10-. The Morgan fingerprint density at radius 2 is 2.00 bits per heavy atom. The van der Waals surface area contributed by atoms with Crippen LogP contribution in [0.5, 0.6) is 0 Å². The van der Waals surface area contributed by atoms with Gasteiger partial charge in [-0.3, -0.25) is 9.89 Å². The third-order valence-corrected chi connectivity index (χ3v) is 3.24. The number of rotatable bonds is 5. The zero-order valence-corrected chi connectivity index (χ0v) is 13.3. The molecule has 22 heavy (non-hydrogen) atoms. The van der Waals surface area contributed by atoms with Gasteiger partial charge in [-0.05, 0) is 29.7 Å². The molecule has 1 heterocycles. The van der Waals surface area contributed by atoms with E-state index in [4.69, 9.17) is 0 Å². The van der Waals surface area contributed by atoms with Crippen molar-refractivity contribution in [3.8, 4) is 0 Å². The van der Waals surface area contributed by atoms with Crippen molar-refractivity contribution in [3.63, 3.8) is 0 Å². The van der Waals surface area contributed by atoms with Crippen molar-refractivity contribution >= 4 is 17.8 Å². The first kappa shape index (κ1) is 15.8. The van der Waals surface area contributed by atoms with Crippen molar-refractivity contribution in [1.82, 2.24) is 15.6 Å². The molecule has 2 aromatic rings. The Morgan fingerprint density at radius 1 is 1.32 bits per heavy atom. The lowest BCUT2D eigenvalue weighted by Gasteiger charge is -2.11. The Hall–Kier alpha value is -2.63. The lowest BCUT2D eigenvalue weighted by atomic mass is 10.1. The first-order chi connectivity index (χ1) is 10.5. The quantitative estimate of drug-likeness (QED) is 0.657. The Bertz CT molecular complexity index is 655. The average Bonchev–Trinajstić information content (AvgIpc) is 2.98. The van der Waals surface area contributed by atoms with Gasteiger partial charge in [0.1, 0.15) is 0 Å². The van der Waals surface area contributed by atoms with E-state index in [-0.39, 0.29) is 5.91 Å². The second-order valence-electron chi connectivity index (χ2n) is 5.55. The molecule has 116 valence electrons. The minimum atomic E-state index is -0.329. The molecule has 0 aliphatic rings. The topological polar surface area (TPSA) is 73.4 Å². The van der Waals surface area contributed by atoms with Crippen molar-refractivity contribution in [1.29, 1.82) is 0 Å². The largest absolute Gasteiger partial charge is 0.378 e. The highest BCUT2D eigenvalue weighted by Gasteiger charge is 2.11. The van der Waals surface area contributed by atoms with Crippen LogP contribution < -0.4 is 10.3 Å². The Kier molecular flexibility index (Phi) is 4.93. The number of hydrogen-bond donors (Lipinski definition) is 2. The van der Waals surface area contributed by atoms with Gasteiger partial charge in [-0.25, -0.2) is 5.43 Å². The number of nitrogens with zero attached hydrogens (tertiary/aromatic N) is 3. The zero-order valence-electron chi connectivity index (χ0n) is 13.3. The summed E-state index contributed by atoms with van der Waals surface area (Å²) in [6, 6.07) is 9.60. The third-order valence-electron chi connectivity index (χ3n) is 3.24. The fraction of sp³-hybridized carbons (Fsp3) is 0.312. The Balaban J connectivity index is 1.94. The second-order valence-corrected chi connectivity index (χ2v) is 5.55. The highest BCUT2D eigenvalue weighted by atomic mass is 16.2. The van der Waals surface area contributed by atoms with Gasteiger partial charge in [0.15, 0.2) is 5.69 Å². The molecule has 2 rings (SSSR count). The van der Waals surface area contributed by atoms with Crippen LogP contribution in [0.2, 0.25) is 0 Å². The molecule has 0 fully saturated rings. The fourth-order valence-electron chi connectivity index (χ4n) is 1.83. The van der Waals surface area contributed by atoms with E-state index < -0.39 is 0 Å². The number of hydrazone groups is 1. The van der Waals surface area contributed by atoms with Gasteiger partial charge < -0.3 is 4.90 Å². The summed E-state index contributed by atoms with van der Waals surface area (Å²) < 4.78 is 0. The van der Waals surface area contributed by atoms with E-state index in [1.165, 1.54) is 0 Å². The van der Waals surface area contributed by atoms with Crippen LogP contribution in [-0.4, -0.2) is 36.4 Å². The molecule has 1 amide bonds. The minimum absolute atomic E-state index is 0.299. The molecule has 0 saturated carbocycles. The van der Waals surface area contributed by atoms with E-state index in [0.29, 0.717) is 11.6 Å². The lowest BCUT2D eigenvalue weighted by molar-refractivity contribution is 0.0950. The molecular formula is C16H21N5O. The van der Waals surface area contributed by atoms with E-state index in [0.717, 1.165) is 16.9 Å². The molecule has 0 spiro atoms. The van der Waals surface area contributed by atoms with Crippen LogP contribution in [0.25, 0.3) is 0 Å². The third kappa shape index (κ3) is 3.94. The first-order valence-electron chi connectivity index (χ1n) is 7.13. The molecule has 1 aromatic heterocycles. The zero-order chi connectivity index (χ0) is 16.1. The molecule has 2 N–H and O–H groups in total. The van der Waals surface area contributed by atoms with Crippen LogP contribution in [0.4, 0.5) is 5.69 Å². The molecule has 0 unspecified atom stereocenters. The molecular weight excluding hydrogens is 278 g/mol. The second kappa shape index (κ2) is 6.89. The molecule has 0 aliphatic heterocycles. The molecule has 0 atom stereocenters. The maximum atomic E-state index is 11.9. The van der Waals surface area contributed by atoms with Crippen molar-refractivity contribution in [2.75, 3.05) is 19.0 Å². The molecule has 0 radical (unpaired) electrons. The van der Waals surface area contributed by atoms with E-state index in [1.807, 2.05) is 57.1 Å². The molecule has 0 saturated heterocycles. The maximum absolute atomic E-state index is 11.9. The summed E-state index contributed by atoms with van der Waals surface area (Å²) in [5.74, 6) is -0.0305. The molecule has 0 aliphatic carbocycles. The SMILES string of the molecule is CC(C)c1cc(C(=O)N/N=C\c2ccc(N(C)C)cc2)n[nH]1. The van der Waals surface area contributed by atoms with E-state index in [2.05, 4.69) is 20.7 Å². The summed E-state index contributed by atoms with van der Waals surface area (Å²) in [5, 5.41) is 10.8. The highest BCUT2D eigenvalue weighted by molar-refractivity contribution is 5.93. The molecule has 0 bridgehead atoms. The van der Waals surface area contributed by atoms with Gasteiger partial charge in [0.25, 0.3) is 5.91 Å². The van der Waals surface area contributed by atoms with Gasteiger partial charge in [-0.15, -0.1) is 0 Å². The van der Waals surface area contributed by atoms with Gasteiger partial charge in [-0.1, -0.05) is 26.0 Å². The number of anilines is 1. The van der Waals surface area contributed by atoms with Crippen molar-refractivity contribution in [2.45, 2.75) is 19.8 Å². The summed E-state index contributed by atoms with van der Waals surface area (Å²) in [7, 11) is 3.97. The molecule has 6 heteroatoms. The molecule has 1 aromatic carbocycles. The summed E-state index contributed by atoms with van der Waals surface area (Å²) >= 11 is 0. The number of carbonyl (C=O) groups excluding carboxylic acids is 1. The van der Waals surface area contributed by atoms with E-state index >= 15 is 0 Å².